The predicted molar refractivity (Wildman–Crippen MR) is 114 cm³/mol. The summed E-state index contributed by atoms with van der Waals surface area (Å²) in [5, 5.41) is 15.9. The summed E-state index contributed by atoms with van der Waals surface area (Å²) in [6.07, 6.45) is -1.33. The summed E-state index contributed by atoms with van der Waals surface area (Å²) in [5.74, 6) is -0.536. The molecule has 1 heterocycles. The van der Waals surface area contributed by atoms with Crippen LogP contribution in [0.15, 0.2) is 96.2 Å². The van der Waals surface area contributed by atoms with Gasteiger partial charge in [0, 0.05) is 12.5 Å². The van der Waals surface area contributed by atoms with Gasteiger partial charge in [0.2, 0.25) is 6.29 Å². The molecule has 1 N–H and O–H groups in total. The molecule has 0 spiro atoms. The number of ether oxygens (including phenoxy) is 1. The van der Waals surface area contributed by atoms with Gasteiger partial charge in [-0.15, -0.1) is 0 Å². The van der Waals surface area contributed by atoms with Gasteiger partial charge in [-0.2, -0.15) is 0 Å². The molecule has 0 amide bonds. The molecule has 0 unspecified atom stereocenters. The molecule has 0 aliphatic carbocycles. The average molecular weight is 387 g/mol. The Morgan fingerprint density at radius 2 is 1.48 bits per heavy atom. The molecule has 0 fully saturated rings. The minimum absolute atomic E-state index is 0.209. The number of benzene rings is 3. The molecule has 0 aromatic heterocycles. The van der Waals surface area contributed by atoms with Gasteiger partial charge in [-0.25, -0.2) is 0 Å². The Morgan fingerprint density at radius 3 is 2.10 bits per heavy atom. The van der Waals surface area contributed by atoms with Gasteiger partial charge in [-0.3, -0.25) is 0 Å². The van der Waals surface area contributed by atoms with Crippen molar-refractivity contribution >= 4 is 5.71 Å². The van der Waals surface area contributed by atoms with Crippen LogP contribution >= 0.6 is 0 Å². The van der Waals surface area contributed by atoms with Crippen molar-refractivity contribution in [1.29, 1.82) is 0 Å². The molecule has 3 aromatic rings. The van der Waals surface area contributed by atoms with Crippen LogP contribution in [0.2, 0.25) is 0 Å². The van der Waals surface area contributed by atoms with Gasteiger partial charge in [-0.05, 0) is 23.6 Å². The Kier molecular flexibility index (Phi) is 6.03. The standard InChI is InChI=1S/C25H25NO3/c1-2-28-25-21(18-12-6-3-7-13-18)22(24(27)20-16-10-5-11-17-20)23(26-29-25)19-14-8-4-9-15-19/h3-17,21-22,24-25,27H,2H2,1H3/t21-,22-,24-,25-/m1/s1. The van der Waals surface area contributed by atoms with Crippen LogP contribution in [0.4, 0.5) is 0 Å². The van der Waals surface area contributed by atoms with Crippen molar-refractivity contribution in [3.63, 3.8) is 0 Å². The number of nitrogens with zero attached hydrogens (tertiary/aromatic N) is 1. The van der Waals surface area contributed by atoms with E-state index in [1.54, 1.807) is 0 Å². The first kappa shape index (κ1) is 19.4. The SMILES string of the molecule is CCO[C@@H]1ON=C(c2ccccc2)[C@H]([C@H](O)c2ccccc2)[C@H]1c1ccccc1. The minimum Gasteiger partial charge on any atom is -0.388 e. The summed E-state index contributed by atoms with van der Waals surface area (Å²) in [7, 11) is 0. The van der Waals surface area contributed by atoms with Gasteiger partial charge >= 0.3 is 0 Å². The van der Waals surface area contributed by atoms with Gasteiger partial charge in [0.25, 0.3) is 0 Å². The molecule has 1 aliphatic heterocycles. The van der Waals surface area contributed by atoms with Crippen molar-refractivity contribution in [1.82, 2.24) is 0 Å². The summed E-state index contributed by atoms with van der Waals surface area (Å²) >= 11 is 0. The van der Waals surface area contributed by atoms with Crippen LogP contribution in [0.25, 0.3) is 0 Å². The van der Waals surface area contributed by atoms with Crippen molar-refractivity contribution < 1.29 is 14.7 Å². The topological polar surface area (TPSA) is 51.0 Å². The lowest BCUT2D eigenvalue weighted by molar-refractivity contribution is -0.172. The van der Waals surface area contributed by atoms with E-state index in [1.165, 1.54) is 0 Å². The fourth-order valence-electron chi connectivity index (χ4n) is 3.97. The maximum atomic E-state index is 11.5. The van der Waals surface area contributed by atoms with E-state index >= 15 is 0 Å². The summed E-state index contributed by atoms with van der Waals surface area (Å²) in [5.41, 5.74) is 3.56. The number of aliphatic hydroxyl groups is 1. The second kappa shape index (κ2) is 9.03. The Hall–Kier alpha value is -2.95. The van der Waals surface area contributed by atoms with Crippen molar-refractivity contribution in [2.24, 2.45) is 11.1 Å². The lowest BCUT2D eigenvalue weighted by atomic mass is 9.74. The summed E-state index contributed by atoms with van der Waals surface area (Å²) in [6.45, 7) is 2.43. The van der Waals surface area contributed by atoms with E-state index in [-0.39, 0.29) is 11.8 Å². The first-order valence-electron chi connectivity index (χ1n) is 9.98. The van der Waals surface area contributed by atoms with Crippen molar-refractivity contribution in [3.8, 4) is 0 Å². The molecule has 4 rings (SSSR count). The zero-order valence-electron chi connectivity index (χ0n) is 16.4. The smallest absolute Gasteiger partial charge is 0.234 e. The number of hydrogen-bond acceptors (Lipinski definition) is 4. The second-order valence-electron chi connectivity index (χ2n) is 7.09. The van der Waals surface area contributed by atoms with E-state index in [0.717, 1.165) is 22.4 Å². The Balaban J connectivity index is 1.85. The molecule has 0 bridgehead atoms. The van der Waals surface area contributed by atoms with Crippen LogP contribution < -0.4 is 0 Å². The number of oxime groups is 1. The van der Waals surface area contributed by atoms with Crippen molar-refractivity contribution in [2.75, 3.05) is 6.61 Å². The highest BCUT2D eigenvalue weighted by Gasteiger charge is 2.44. The van der Waals surface area contributed by atoms with Gasteiger partial charge in [0.15, 0.2) is 0 Å². The molecular formula is C25H25NO3. The molecule has 0 saturated heterocycles. The highest BCUT2D eigenvalue weighted by molar-refractivity contribution is 6.03. The number of hydrogen-bond donors (Lipinski definition) is 1. The Labute approximate surface area is 171 Å². The molecule has 0 saturated carbocycles. The molecule has 148 valence electrons. The number of rotatable bonds is 6. The van der Waals surface area contributed by atoms with Gasteiger partial charge in [0.1, 0.15) is 0 Å². The van der Waals surface area contributed by atoms with Crippen LogP contribution in [-0.2, 0) is 9.57 Å². The molecule has 4 atom stereocenters. The van der Waals surface area contributed by atoms with Crippen LogP contribution in [0.5, 0.6) is 0 Å². The minimum atomic E-state index is -0.757. The first-order valence-corrected chi connectivity index (χ1v) is 9.98. The molecule has 0 radical (unpaired) electrons. The molecular weight excluding hydrogens is 362 g/mol. The van der Waals surface area contributed by atoms with Crippen LogP contribution in [0.1, 0.15) is 35.6 Å². The summed E-state index contributed by atoms with van der Waals surface area (Å²) < 4.78 is 5.91. The molecule has 4 nitrogen and oxygen atoms in total. The first-order chi connectivity index (χ1) is 14.3. The largest absolute Gasteiger partial charge is 0.388 e. The average Bonchev–Trinajstić information content (AvgIpc) is 2.80. The molecule has 1 aliphatic rings. The predicted octanol–water partition coefficient (Wildman–Crippen LogP) is 4.92. The lowest BCUT2D eigenvalue weighted by Crippen LogP contribution is -2.41. The van der Waals surface area contributed by atoms with E-state index < -0.39 is 12.4 Å². The van der Waals surface area contributed by atoms with Crippen LogP contribution in [0.3, 0.4) is 0 Å². The third-order valence-corrected chi connectivity index (χ3v) is 5.32. The normalized spacial score (nSPS) is 22.4. The van der Waals surface area contributed by atoms with E-state index in [9.17, 15) is 5.11 Å². The summed E-state index contributed by atoms with van der Waals surface area (Å²) in [4.78, 5) is 5.82. The van der Waals surface area contributed by atoms with E-state index in [2.05, 4.69) is 17.3 Å². The fourth-order valence-corrected chi connectivity index (χ4v) is 3.97. The zero-order chi connectivity index (χ0) is 20.1. The van der Waals surface area contributed by atoms with Crippen molar-refractivity contribution in [3.05, 3.63) is 108 Å². The maximum Gasteiger partial charge on any atom is 0.234 e. The van der Waals surface area contributed by atoms with E-state index in [0.29, 0.717) is 6.61 Å². The van der Waals surface area contributed by atoms with Crippen LogP contribution in [0, 0.1) is 5.92 Å². The van der Waals surface area contributed by atoms with Gasteiger partial charge < -0.3 is 14.7 Å². The number of aliphatic hydroxyl groups excluding tert-OH is 1. The third kappa shape index (κ3) is 4.09. The van der Waals surface area contributed by atoms with Gasteiger partial charge in [0.05, 0.1) is 17.7 Å². The second-order valence-corrected chi connectivity index (χ2v) is 7.09. The quantitative estimate of drug-likeness (QED) is 0.653. The van der Waals surface area contributed by atoms with Crippen LogP contribution in [-0.4, -0.2) is 23.7 Å². The lowest BCUT2D eigenvalue weighted by Gasteiger charge is -2.39. The molecule has 4 heteroatoms. The highest BCUT2D eigenvalue weighted by Crippen LogP contribution is 2.43. The van der Waals surface area contributed by atoms with E-state index in [1.807, 2.05) is 85.8 Å². The molecule has 29 heavy (non-hydrogen) atoms. The Morgan fingerprint density at radius 1 is 0.897 bits per heavy atom. The van der Waals surface area contributed by atoms with Crippen molar-refractivity contribution in [2.45, 2.75) is 25.2 Å². The Bertz CT molecular complexity index is 928. The van der Waals surface area contributed by atoms with E-state index in [4.69, 9.17) is 9.57 Å². The summed E-state index contributed by atoms with van der Waals surface area (Å²) in [6, 6.07) is 29.7. The maximum absolute atomic E-state index is 11.5. The third-order valence-electron chi connectivity index (χ3n) is 5.32. The zero-order valence-corrected chi connectivity index (χ0v) is 16.4. The monoisotopic (exact) mass is 387 g/mol. The fraction of sp³-hybridized carbons (Fsp3) is 0.240. The highest BCUT2D eigenvalue weighted by atomic mass is 16.8. The molecule has 3 aromatic carbocycles. The van der Waals surface area contributed by atoms with Gasteiger partial charge in [-0.1, -0.05) is 96.2 Å².